The summed E-state index contributed by atoms with van der Waals surface area (Å²) >= 11 is 0. The molecule has 2 unspecified atom stereocenters. The van der Waals surface area contributed by atoms with Gasteiger partial charge in [-0.1, -0.05) is 13.8 Å². The van der Waals surface area contributed by atoms with Gasteiger partial charge in [0.15, 0.2) is 11.9 Å². The number of fused-ring (bicyclic) bond motifs is 1. The van der Waals surface area contributed by atoms with Crippen molar-refractivity contribution >= 4 is 29.3 Å². The van der Waals surface area contributed by atoms with E-state index >= 15 is 0 Å². The van der Waals surface area contributed by atoms with Crippen LogP contribution in [0.3, 0.4) is 0 Å². The molecular weight excluding hydrogens is 340 g/mol. The van der Waals surface area contributed by atoms with E-state index in [0.29, 0.717) is 17.0 Å². The summed E-state index contributed by atoms with van der Waals surface area (Å²) in [5, 5.41) is 11.6. The van der Waals surface area contributed by atoms with Gasteiger partial charge in [-0.05, 0) is 38.0 Å². The van der Waals surface area contributed by atoms with Crippen molar-refractivity contribution < 1.29 is 29.0 Å². The summed E-state index contributed by atoms with van der Waals surface area (Å²) in [6.45, 7) is 5.94. The molecule has 26 heavy (non-hydrogen) atoms. The number of carbonyl (C=O) groups excluding carboxylic acids is 3. The van der Waals surface area contributed by atoms with Crippen molar-refractivity contribution in [3.63, 3.8) is 0 Å². The smallest absolute Gasteiger partial charge is 0.326 e. The van der Waals surface area contributed by atoms with Gasteiger partial charge in [0, 0.05) is 5.56 Å². The molecule has 1 heterocycles. The molecule has 1 aliphatic rings. The molecule has 8 heteroatoms. The third-order valence-corrected chi connectivity index (χ3v) is 4.12. The summed E-state index contributed by atoms with van der Waals surface area (Å²) < 4.78 is 5.52. The predicted octanol–water partition coefficient (Wildman–Crippen LogP) is 1.23. The monoisotopic (exact) mass is 362 g/mol. The molecule has 0 spiro atoms. The Labute approximate surface area is 151 Å². The average Bonchev–Trinajstić information content (AvgIpc) is 2.55. The first kappa shape index (κ1) is 19.4. The van der Waals surface area contributed by atoms with Crippen LogP contribution in [0.4, 0.5) is 5.69 Å². The van der Waals surface area contributed by atoms with Crippen LogP contribution in [0.5, 0.6) is 5.75 Å². The number of amides is 2. The minimum Gasteiger partial charge on any atom is -0.480 e. The highest BCUT2D eigenvalue weighted by Gasteiger charge is 2.34. The zero-order valence-electron chi connectivity index (χ0n) is 15.1. The zero-order chi connectivity index (χ0) is 19.6. The van der Waals surface area contributed by atoms with E-state index in [9.17, 15) is 24.3 Å². The van der Waals surface area contributed by atoms with Gasteiger partial charge in [0.1, 0.15) is 18.3 Å². The van der Waals surface area contributed by atoms with Gasteiger partial charge >= 0.3 is 5.97 Å². The molecule has 1 aromatic rings. The van der Waals surface area contributed by atoms with Crippen molar-refractivity contribution in [1.29, 1.82) is 0 Å². The van der Waals surface area contributed by atoms with E-state index in [0.717, 1.165) is 0 Å². The van der Waals surface area contributed by atoms with E-state index in [1.165, 1.54) is 17.9 Å². The van der Waals surface area contributed by atoms with Crippen molar-refractivity contribution in [3.05, 3.63) is 23.8 Å². The van der Waals surface area contributed by atoms with E-state index in [1.807, 2.05) is 0 Å². The Bertz CT molecular complexity index is 758. The number of ether oxygens (including phenoxy) is 1. The predicted molar refractivity (Wildman–Crippen MR) is 93.3 cm³/mol. The summed E-state index contributed by atoms with van der Waals surface area (Å²) in [5.41, 5.74) is 0.693. The van der Waals surface area contributed by atoms with E-state index in [-0.39, 0.29) is 18.2 Å². The topological polar surface area (TPSA) is 113 Å². The number of ketones is 1. The van der Waals surface area contributed by atoms with Crippen molar-refractivity contribution in [2.24, 2.45) is 5.92 Å². The Morgan fingerprint density at radius 1 is 1.31 bits per heavy atom. The number of nitrogens with zero attached hydrogens (tertiary/aromatic N) is 1. The summed E-state index contributed by atoms with van der Waals surface area (Å²) in [5.74, 6) is -2.30. The Kier molecular flexibility index (Phi) is 5.64. The van der Waals surface area contributed by atoms with Crippen LogP contribution in [-0.2, 0) is 14.4 Å². The molecular formula is C18H22N2O6. The van der Waals surface area contributed by atoms with Crippen LogP contribution in [0.25, 0.3) is 0 Å². The molecule has 8 nitrogen and oxygen atoms in total. The van der Waals surface area contributed by atoms with Crippen LogP contribution in [0.1, 0.15) is 38.1 Å². The van der Waals surface area contributed by atoms with Gasteiger partial charge in [0.25, 0.3) is 5.91 Å². The third kappa shape index (κ3) is 4.01. The van der Waals surface area contributed by atoms with E-state index in [4.69, 9.17) is 4.74 Å². The quantitative estimate of drug-likeness (QED) is 0.736. The van der Waals surface area contributed by atoms with Gasteiger partial charge < -0.3 is 15.2 Å². The molecule has 1 aromatic carbocycles. The molecule has 140 valence electrons. The molecule has 0 saturated carbocycles. The number of carboxylic acid groups (broad SMARTS) is 1. The second-order valence-electron chi connectivity index (χ2n) is 6.55. The molecule has 0 bridgehead atoms. The van der Waals surface area contributed by atoms with Gasteiger partial charge in [-0.2, -0.15) is 0 Å². The lowest BCUT2D eigenvalue weighted by atomic mass is 10.0. The number of carbonyl (C=O) groups is 4. The molecule has 0 saturated heterocycles. The van der Waals surface area contributed by atoms with Crippen LogP contribution >= 0.6 is 0 Å². The first-order valence-corrected chi connectivity index (χ1v) is 8.27. The van der Waals surface area contributed by atoms with Crippen LogP contribution in [0.15, 0.2) is 18.2 Å². The van der Waals surface area contributed by atoms with Crippen molar-refractivity contribution in [2.45, 2.75) is 39.8 Å². The van der Waals surface area contributed by atoms with E-state index in [1.54, 1.807) is 32.9 Å². The molecule has 1 aliphatic heterocycles. The lowest BCUT2D eigenvalue weighted by Crippen LogP contribution is -2.52. The van der Waals surface area contributed by atoms with Crippen LogP contribution in [-0.4, -0.2) is 47.4 Å². The number of hydrogen-bond donors (Lipinski definition) is 2. The number of aliphatic carboxylic acids is 1. The summed E-state index contributed by atoms with van der Waals surface area (Å²) in [6, 6.07) is 3.60. The maximum absolute atomic E-state index is 12.5. The van der Waals surface area contributed by atoms with Gasteiger partial charge in [-0.25, -0.2) is 4.79 Å². The number of rotatable bonds is 6. The lowest BCUT2D eigenvalue weighted by Gasteiger charge is -2.33. The first-order valence-electron chi connectivity index (χ1n) is 8.27. The fraction of sp³-hybridized carbons (Fsp3) is 0.444. The van der Waals surface area contributed by atoms with Crippen LogP contribution in [0, 0.1) is 5.92 Å². The van der Waals surface area contributed by atoms with Crippen LogP contribution < -0.4 is 15.0 Å². The van der Waals surface area contributed by atoms with Gasteiger partial charge in [0.2, 0.25) is 5.91 Å². The highest BCUT2D eigenvalue weighted by molar-refractivity contribution is 6.05. The minimum atomic E-state index is -1.14. The molecule has 2 N–H and O–H groups in total. The number of anilines is 1. The Hall–Kier alpha value is -2.90. The largest absolute Gasteiger partial charge is 0.480 e. The summed E-state index contributed by atoms with van der Waals surface area (Å²) in [6.07, 6.45) is -0.793. The normalized spacial score (nSPS) is 17.3. The number of nitrogens with one attached hydrogen (secondary N) is 1. The van der Waals surface area contributed by atoms with Crippen molar-refractivity contribution in [1.82, 2.24) is 5.32 Å². The zero-order valence-corrected chi connectivity index (χ0v) is 15.1. The van der Waals surface area contributed by atoms with Crippen molar-refractivity contribution in [3.8, 4) is 5.75 Å². The van der Waals surface area contributed by atoms with Gasteiger partial charge in [-0.15, -0.1) is 0 Å². The second-order valence-corrected chi connectivity index (χ2v) is 6.55. The molecule has 2 atom stereocenters. The minimum absolute atomic E-state index is 0.186. The lowest BCUT2D eigenvalue weighted by molar-refractivity contribution is -0.142. The molecule has 0 aliphatic carbocycles. The molecule has 2 amide bonds. The Balaban J connectivity index is 2.29. The standard InChI is InChI=1S/C18H22N2O6/c1-9(2)16(18(24)25)19-15(22)8-20-13-7-12(10(3)21)5-6-14(13)26-11(4)17(20)23/h5-7,9,11,16H,8H2,1-4H3,(H,19,22)(H,24,25). The van der Waals surface area contributed by atoms with Crippen LogP contribution in [0.2, 0.25) is 0 Å². The average molecular weight is 362 g/mol. The Morgan fingerprint density at radius 2 is 1.96 bits per heavy atom. The highest BCUT2D eigenvalue weighted by Crippen LogP contribution is 2.34. The maximum Gasteiger partial charge on any atom is 0.326 e. The fourth-order valence-electron chi connectivity index (χ4n) is 2.67. The second kappa shape index (κ2) is 7.55. The van der Waals surface area contributed by atoms with Gasteiger partial charge in [0.05, 0.1) is 5.69 Å². The molecule has 0 aromatic heterocycles. The number of benzene rings is 1. The molecule has 0 radical (unpaired) electrons. The molecule has 0 fully saturated rings. The summed E-state index contributed by atoms with van der Waals surface area (Å²) in [4.78, 5) is 48.9. The fourth-order valence-corrected chi connectivity index (χ4v) is 2.67. The number of carboxylic acids is 1. The SMILES string of the molecule is CC(=O)c1ccc2c(c1)N(CC(=O)NC(C(=O)O)C(C)C)C(=O)C(C)O2. The highest BCUT2D eigenvalue weighted by atomic mass is 16.5. The van der Waals surface area contributed by atoms with E-state index in [2.05, 4.69) is 5.32 Å². The summed E-state index contributed by atoms with van der Waals surface area (Å²) in [7, 11) is 0. The van der Waals surface area contributed by atoms with E-state index < -0.39 is 29.9 Å². The number of hydrogen-bond acceptors (Lipinski definition) is 5. The first-order chi connectivity index (χ1) is 12.1. The van der Waals surface area contributed by atoms with Crippen molar-refractivity contribution in [2.75, 3.05) is 11.4 Å². The number of Topliss-reactive ketones (excluding diaryl/α,β-unsaturated/α-hetero) is 1. The third-order valence-electron chi connectivity index (χ3n) is 4.12. The Morgan fingerprint density at radius 3 is 2.50 bits per heavy atom. The molecule has 2 rings (SSSR count). The maximum atomic E-state index is 12.5. The van der Waals surface area contributed by atoms with Gasteiger partial charge in [-0.3, -0.25) is 19.3 Å².